The molecule has 1 amide bonds. The number of rotatable bonds is 5. The largest absolute Gasteiger partial charge is 0.335 e. The molecule has 4 aromatic rings. The van der Waals surface area contributed by atoms with Gasteiger partial charge in [0.25, 0.3) is 5.91 Å². The van der Waals surface area contributed by atoms with Gasteiger partial charge in [0.1, 0.15) is 11.8 Å². The number of piperazine rings is 1. The Labute approximate surface area is 210 Å². The van der Waals surface area contributed by atoms with Crippen molar-refractivity contribution in [2.45, 2.75) is 6.04 Å². The molecule has 2 heterocycles. The molecule has 0 N–H and O–H groups in total. The Morgan fingerprint density at radius 3 is 2.03 bits per heavy atom. The van der Waals surface area contributed by atoms with E-state index >= 15 is 0 Å². The summed E-state index contributed by atoms with van der Waals surface area (Å²) in [6, 6.07) is 32.3. The number of nitriles is 1. The number of carbonyl (C=O) groups is 1. The fourth-order valence-corrected chi connectivity index (χ4v) is 4.98. The van der Waals surface area contributed by atoms with Crippen LogP contribution in [0.5, 0.6) is 0 Å². The van der Waals surface area contributed by atoms with Crippen LogP contribution in [0.25, 0.3) is 5.69 Å². The number of aromatic nitrogens is 1. The first-order chi connectivity index (χ1) is 17.2. The smallest absolute Gasteiger partial charge is 0.272 e. The normalized spacial score (nSPS) is 14.1. The topological polar surface area (TPSA) is 52.3 Å². The zero-order valence-corrected chi connectivity index (χ0v) is 20.0. The Morgan fingerprint density at radius 2 is 1.46 bits per heavy atom. The van der Waals surface area contributed by atoms with E-state index in [0.717, 1.165) is 18.8 Å². The van der Waals surface area contributed by atoms with Gasteiger partial charge in [0.15, 0.2) is 0 Å². The quantitative estimate of drug-likeness (QED) is 0.376. The van der Waals surface area contributed by atoms with E-state index in [0.29, 0.717) is 29.4 Å². The third-order valence-corrected chi connectivity index (χ3v) is 6.73. The molecule has 35 heavy (non-hydrogen) atoms. The first-order valence-electron chi connectivity index (χ1n) is 11.7. The molecule has 5 nitrogen and oxygen atoms in total. The number of amides is 1. The maximum atomic E-state index is 13.6. The summed E-state index contributed by atoms with van der Waals surface area (Å²) >= 11 is 6.18. The highest BCUT2D eigenvalue weighted by molar-refractivity contribution is 6.30. The van der Waals surface area contributed by atoms with Gasteiger partial charge in [0.2, 0.25) is 0 Å². The highest BCUT2D eigenvalue weighted by Gasteiger charge is 2.30. The van der Waals surface area contributed by atoms with Crippen molar-refractivity contribution in [3.63, 3.8) is 0 Å². The second-order valence-electron chi connectivity index (χ2n) is 8.59. The number of hydrogen-bond donors (Lipinski definition) is 0. The molecule has 0 spiro atoms. The van der Waals surface area contributed by atoms with Crippen molar-refractivity contribution in [1.29, 1.82) is 5.26 Å². The molecule has 174 valence electrons. The Morgan fingerprint density at radius 1 is 0.829 bits per heavy atom. The minimum absolute atomic E-state index is 0.125. The van der Waals surface area contributed by atoms with E-state index in [1.54, 1.807) is 29.0 Å². The van der Waals surface area contributed by atoms with Crippen molar-refractivity contribution >= 4 is 17.5 Å². The van der Waals surface area contributed by atoms with Crippen molar-refractivity contribution in [3.05, 3.63) is 125 Å². The minimum atomic E-state index is -0.137. The molecule has 3 aromatic carbocycles. The van der Waals surface area contributed by atoms with Crippen molar-refractivity contribution in [1.82, 2.24) is 14.4 Å². The number of hydrogen-bond acceptors (Lipinski definition) is 3. The van der Waals surface area contributed by atoms with Gasteiger partial charge in [0.05, 0.1) is 11.6 Å². The molecular formula is C29H25ClN4O. The summed E-state index contributed by atoms with van der Waals surface area (Å²) in [4.78, 5) is 17.9. The number of carbonyl (C=O) groups excluding carboxylic acids is 1. The Hall–Kier alpha value is -3.85. The lowest BCUT2D eigenvalue weighted by Gasteiger charge is -2.40. The molecule has 0 bridgehead atoms. The molecule has 1 aliphatic heterocycles. The lowest BCUT2D eigenvalue weighted by Crippen LogP contribution is -2.50. The van der Waals surface area contributed by atoms with Gasteiger partial charge >= 0.3 is 0 Å². The third kappa shape index (κ3) is 4.72. The van der Waals surface area contributed by atoms with Crippen LogP contribution < -0.4 is 0 Å². The lowest BCUT2D eigenvalue weighted by molar-refractivity contribution is 0.0589. The van der Waals surface area contributed by atoms with Gasteiger partial charge in [-0.15, -0.1) is 0 Å². The van der Waals surface area contributed by atoms with E-state index < -0.39 is 0 Å². The minimum Gasteiger partial charge on any atom is -0.335 e. The van der Waals surface area contributed by atoms with Crippen LogP contribution in [-0.2, 0) is 0 Å². The van der Waals surface area contributed by atoms with Gasteiger partial charge in [-0.3, -0.25) is 9.69 Å². The van der Waals surface area contributed by atoms with Crippen LogP contribution in [0.1, 0.15) is 33.2 Å². The van der Waals surface area contributed by atoms with Crippen molar-refractivity contribution in [3.8, 4) is 11.8 Å². The summed E-state index contributed by atoms with van der Waals surface area (Å²) in [5, 5.41) is 10.3. The fraction of sp³-hybridized carbons (Fsp3) is 0.172. The molecule has 6 heteroatoms. The predicted molar refractivity (Wildman–Crippen MR) is 138 cm³/mol. The molecule has 0 radical (unpaired) electrons. The predicted octanol–water partition coefficient (Wildman–Crippen LogP) is 5.55. The van der Waals surface area contributed by atoms with Gasteiger partial charge in [-0.25, -0.2) is 0 Å². The fourth-order valence-electron chi connectivity index (χ4n) is 4.80. The van der Waals surface area contributed by atoms with E-state index in [2.05, 4.69) is 59.5 Å². The molecule has 0 unspecified atom stereocenters. The summed E-state index contributed by atoms with van der Waals surface area (Å²) < 4.78 is 1.76. The van der Waals surface area contributed by atoms with Gasteiger partial charge in [-0.05, 0) is 35.4 Å². The molecule has 1 fully saturated rings. The molecule has 0 atom stereocenters. The van der Waals surface area contributed by atoms with Crippen LogP contribution in [0, 0.1) is 11.3 Å². The van der Waals surface area contributed by atoms with Crippen molar-refractivity contribution in [2.24, 2.45) is 0 Å². The van der Waals surface area contributed by atoms with Crippen LogP contribution in [0.15, 0.2) is 97.2 Å². The summed E-state index contributed by atoms with van der Waals surface area (Å²) in [6.45, 7) is 2.64. The van der Waals surface area contributed by atoms with Gasteiger partial charge in [-0.2, -0.15) is 5.26 Å². The van der Waals surface area contributed by atoms with E-state index in [9.17, 15) is 10.1 Å². The highest BCUT2D eigenvalue weighted by Crippen LogP contribution is 2.30. The molecule has 1 aliphatic rings. The molecular weight excluding hydrogens is 456 g/mol. The van der Waals surface area contributed by atoms with E-state index in [4.69, 9.17) is 11.6 Å². The first-order valence-corrected chi connectivity index (χ1v) is 12.0. The van der Waals surface area contributed by atoms with Crippen molar-refractivity contribution in [2.75, 3.05) is 26.2 Å². The first kappa shape index (κ1) is 22.9. The van der Waals surface area contributed by atoms with E-state index in [-0.39, 0.29) is 11.9 Å². The molecule has 1 saturated heterocycles. The summed E-state index contributed by atoms with van der Waals surface area (Å²) in [6.07, 6.45) is 1.76. The van der Waals surface area contributed by atoms with Crippen LogP contribution in [-0.4, -0.2) is 46.5 Å². The summed E-state index contributed by atoms with van der Waals surface area (Å²) in [7, 11) is 0. The zero-order valence-electron chi connectivity index (χ0n) is 19.2. The van der Waals surface area contributed by atoms with E-state index in [1.807, 2.05) is 29.2 Å². The monoisotopic (exact) mass is 480 g/mol. The summed E-state index contributed by atoms with van der Waals surface area (Å²) in [5.74, 6) is -0.137. The standard InChI is InChI=1S/C29H25ClN4O/c30-25-12-7-13-26(20-25)34-15-14-24(21-31)28(34)29(35)33-18-16-32(17-19-33)27(22-8-3-1-4-9-22)23-10-5-2-6-11-23/h1-15,20,27H,16-19H2. The Balaban J connectivity index is 1.39. The maximum absolute atomic E-state index is 13.6. The second kappa shape index (κ2) is 10.2. The van der Waals surface area contributed by atoms with Crippen LogP contribution in [0.3, 0.4) is 0 Å². The van der Waals surface area contributed by atoms with Gasteiger partial charge in [0, 0.05) is 43.1 Å². The highest BCUT2D eigenvalue weighted by atomic mass is 35.5. The Kier molecular flexibility index (Phi) is 6.67. The Bertz CT molecular complexity index is 1310. The lowest BCUT2D eigenvalue weighted by atomic mass is 9.96. The van der Waals surface area contributed by atoms with Gasteiger partial charge < -0.3 is 9.47 Å². The number of benzene rings is 3. The average Bonchev–Trinajstić information content (AvgIpc) is 3.34. The van der Waals surface area contributed by atoms with Crippen LogP contribution in [0.2, 0.25) is 5.02 Å². The molecule has 0 saturated carbocycles. The van der Waals surface area contributed by atoms with E-state index in [1.165, 1.54) is 11.1 Å². The summed E-state index contributed by atoms with van der Waals surface area (Å²) in [5.41, 5.74) is 3.98. The second-order valence-corrected chi connectivity index (χ2v) is 9.03. The molecule has 0 aliphatic carbocycles. The van der Waals surface area contributed by atoms with Crippen LogP contribution >= 0.6 is 11.6 Å². The number of halogens is 1. The SMILES string of the molecule is N#Cc1ccn(-c2cccc(Cl)c2)c1C(=O)N1CCN(C(c2ccccc2)c2ccccc2)CC1. The van der Waals surface area contributed by atoms with Crippen LogP contribution in [0.4, 0.5) is 0 Å². The van der Waals surface area contributed by atoms with Gasteiger partial charge in [-0.1, -0.05) is 78.3 Å². The third-order valence-electron chi connectivity index (χ3n) is 6.49. The van der Waals surface area contributed by atoms with Crippen molar-refractivity contribution < 1.29 is 4.79 Å². The maximum Gasteiger partial charge on any atom is 0.272 e. The average molecular weight is 481 g/mol. The zero-order chi connectivity index (χ0) is 24.2. The molecule has 5 rings (SSSR count). The molecule has 1 aromatic heterocycles. The number of nitrogens with zero attached hydrogens (tertiary/aromatic N) is 4.